The molecule has 0 aromatic heterocycles. The van der Waals surface area contributed by atoms with Crippen molar-refractivity contribution in [1.82, 2.24) is 10.2 Å². The van der Waals surface area contributed by atoms with E-state index in [1.807, 2.05) is 17.0 Å². The first-order chi connectivity index (χ1) is 8.66. The lowest BCUT2D eigenvalue weighted by Crippen LogP contribution is -2.52. The number of rotatable bonds is 3. The fraction of sp³-hybridized carbons (Fsp3) is 0.462. The fourth-order valence-electron chi connectivity index (χ4n) is 1.98. The molecule has 1 fully saturated rings. The number of thioether (sulfide) groups is 1. The van der Waals surface area contributed by atoms with E-state index in [-0.39, 0.29) is 17.7 Å². The number of phenolic OH excluding ortho intramolecular Hbond substituents is 1. The third kappa shape index (κ3) is 3.40. The molecular formula is C13H18N2O2S. The van der Waals surface area contributed by atoms with Gasteiger partial charge in [-0.1, -0.05) is 0 Å². The van der Waals surface area contributed by atoms with Crippen LogP contribution in [0.5, 0.6) is 5.75 Å². The predicted molar refractivity (Wildman–Crippen MR) is 72.9 cm³/mol. The first-order valence-corrected chi connectivity index (χ1v) is 7.07. The van der Waals surface area contributed by atoms with Gasteiger partial charge >= 0.3 is 0 Å². The first-order valence-electron chi connectivity index (χ1n) is 6.09. The number of hydrogen-bond acceptors (Lipinski definition) is 4. The van der Waals surface area contributed by atoms with E-state index >= 15 is 0 Å². The molecule has 0 radical (unpaired) electrons. The lowest BCUT2D eigenvalue weighted by molar-refractivity contribution is -0.131. The number of hydrogen-bond donors (Lipinski definition) is 2. The number of carbonyl (C=O) groups is 1. The van der Waals surface area contributed by atoms with Crippen LogP contribution in [0.25, 0.3) is 0 Å². The highest BCUT2D eigenvalue weighted by molar-refractivity contribution is 8.00. The Morgan fingerprint density at radius 1 is 1.50 bits per heavy atom. The number of phenols is 1. The van der Waals surface area contributed by atoms with Crippen molar-refractivity contribution in [1.29, 1.82) is 0 Å². The van der Waals surface area contributed by atoms with Crippen LogP contribution in [0.3, 0.4) is 0 Å². The second-order valence-corrected chi connectivity index (χ2v) is 5.47. The number of carbonyl (C=O) groups excluding carboxylic acids is 1. The molecule has 5 heteroatoms. The highest BCUT2D eigenvalue weighted by Crippen LogP contribution is 2.21. The Hall–Kier alpha value is -1.20. The Balaban J connectivity index is 1.85. The minimum Gasteiger partial charge on any atom is -0.508 e. The summed E-state index contributed by atoms with van der Waals surface area (Å²) in [5.41, 5.74) is 0. The van der Waals surface area contributed by atoms with Gasteiger partial charge in [-0.05, 0) is 31.2 Å². The molecule has 2 rings (SSSR count). The summed E-state index contributed by atoms with van der Waals surface area (Å²) >= 11 is 1.51. The zero-order valence-corrected chi connectivity index (χ0v) is 11.2. The normalized spacial score (nSPS) is 19.8. The zero-order valence-electron chi connectivity index (χ0n) is 10.4. The van der Waals surface area contributed by atoms with Crippen LogP contribution < -0.4 is 5.32 Å². The van der Waals surface area contributed by atoms with Crippen molar-refractivity contribution in [3.05, 3.63) is 24.3 Å². The molecule has 4 nitrogen and oxygen atoms in total. The van der Waals surface area contributed by atoms with Crippen LogP contribution in [0.4, 0.5) is 0 Å². The highest BCUT2D eigenvalue weighted by atomic mass is 32.2. The average Bonchev–Trinajstić information content (AvgIpc) is 2.38. The quantitative estimate of drug-likeness (QED) is 0.810. The van der Waals surface area contributed by atoms with Gasteiger partial charge in [-0.2, -0.15) is 0 Å². The van der Waals surface area contributed by atoms with Gasteiger partial charge in [0.25, 0.3) is 0 Å². The molecule has 1 aromatic rings. The molecular weight excluding hydrogens is 248 g/mol. The van der Waals surface area contributed by atoms with E-state index < -0.39 is 0 Å². The average molecular weight is 266 g/mol. The van der Waals surface area contributed by atoms with Crippen molar-refractivity contribution >= 4 is 17.7 Å². The second kappa shape index (κ2) is 6.11. The van der Waals surface area contributed by atoms with Gasteiger partial charge in [0.05, 0.1) is 5.75 Å². The van der Waals surface area contributed by atoms with Crippen LogP contribution in [-0.4, -0.2) is 47.3 Å². The van der Waals surface area contributed by atoms with Crippen molar-refractivity contribution < 1.29 is 9.90 Å². The van der Waals surface area contributed by atoms with E-state index in [4.69, 9.17) is 0 Å². The van der Waals surface area contributed by atoms with Crippen molar-refractivity contribution in [2.75, 3.05) is 25.4 Å². The van der Waals surface area contributed by atoms with Crippen LogP contribution in [0.2, 0.25) is 0 Å². The summed E-state index contributed by atoms with van der Waals surface area (Å²) in [5, 5.41) is 12.5. The van der Waals surface area contributed by atoms with Crippen LogP contribution >= 0.6 is 11.8 Å². The summed E-state index contributed by atoms with van der Waals surface area (Å²) in [7, 11) is 0. The molecule has 1 aliphatic rings. The topological polar surface area (TPSA) is 52.6 Å². The third-order valence-electron chi connectivity index (χ3n) is 3.02. The molecule has 0 spiro atoms. The standard InChI is InChI=1S/C13H18N2O2S/c1-10-8-14-6-7-15(10)13(17)9-18-12-4-2-11(16)3-5-12/h2-5,10,14,16H,6-9H2,1H3/t10-/m1/s1. The molecule has 1 amide bonds. The Morgan fingerprint density at radius 2 is 2.22 bits per heavy atom. The van der Waals surface area contributed by atoms with Crippen molar-refractivity contribution in [3.8, 4) is 5.75 Å². The Morgan fingerprint density at radius 3 is 2.89 bits per heavy atom. The van der Waals surface area contributed by atoms with Gasteiger partial charge in [-0.3, -0.25) is 4.79 Å². The van der Waals surface area contributed by atoms with E-state index in [1.54, 1.807) is 12.1 Å². The van der Waals surface area contributed by atoms with Crippen LogP contribution in [0, 0.1) is 0 Å². The lowest BCUT2D eigenvalue weighted by atomic mass is 10.2. The van der Waals surface area contributed by atoms with E-state index in [9.17, 15) is 9.90 Å². The maximum atomic E-state index is 12.1. The summed E-state index contributed by atoms with van der Waals surface area (Å²) < 4.78 is 0. The van der Waals surface area contributed by atoms with Crippen molar-refractivity contribution in [2.24, 2.45) is 0 Å². The van der Waals surface area contributed by atoms with E-state index in [0.29, 0.717) is 5.75 Å². The van der Waals surface area contributed by atoms with E-state index in [1.165, 1.54) is 11.8 Å². The number of piperazine rings is 1. The summed E-state index contributed by atoms with van der Waals surface area (Å²) in [6.07, 6.45) is 0. The zero-order chi connectivity index (χ0) is 13.0. The molecule has 98 valence electrons. The van der Waals surface area contributed by atoms with Gasteiger partial charge < -0.3 is 15.3 Å². The van der Waals surface area contributed by atoms with Gasteiger partial charge in [0.15, 0.2) is 0 Å². The number of amides is 1. The van der Waals surface area contributed by atoms with Gasteiger partial charge in [0.2, 0.25) is 5.91 Å². The molecule has 2 N–H and O–H groups in total. The Bertz CT molecular complexity index is 408. The van der Waals surface area contributed by atoms with Crippen LogP contribution in [0.15, 0.2) is 29.2 Å². The maximum Gasteiger partial charge on any atom is 0.233 e. The second-order valence-electron chi connectivity index (χ2n) is 4.42. The van der Waals surface area contributed by atoms with Crippen LogP contribution in [0.1, 0.15) is 6.92 Å². The largest absolute Gasteiger partial charge is 0.508 e. The molecule has 1 aliphatic heterocycles. The van der Waals surface area contributed by atoms with Crippen LogP contribution in [-0.2, 0) is 4.79 Å². The molecule has 1 atom stereocenters. The molecule has 0 bridgehead atoms. The SMILES string of the molecule is C[C@@H]1CNCCN1C(=O)CSc1ccc(O)cc1. The molecule has 1 heterocycles. The maximum absolute atomic E-state index is 12.1. The minimum absolute atomic E-state index is 0.182. The van der Waals surface area contributed by atoms with Gasteiger partial charge in [-0.15, -0.1) is 11.8 Å². The Labute approximate surface area is 111 Å². The first kappa shape index (κ1) is 13.2. The number of benzene rings is 1. The minimum atomic E-state index is 0.182. The fourth-order valence-corrected chi connectivity index (χ4v) is 2.77. The van der Waals surface area contributed by atoms with Gasteiger partial charge in [0, 0.05) is 30.6 Å². The summed E-state index contributed by atoms with van der Waals surface area (Å²) in [4.78, 5) is 15.0. The number of nitrogens with one attached hydrogen (secondary N) is 1. The molecule has 18 heavy (non-hydrogen) atoms. The predicted octanol–water partition coefficient (Wildman–Crippen LogP) is 1.30. The molecule has 1 aromatic carbocycles. The summed E-state index contributed by atoms with van der Waals surface area (Å²) in [5.74, 6) is 0.887. The number of aromatic hydroxyl groups is 1. The summed E-state index contributed by atoms with van der Waals surface area (Å²) in [6.45, 7) is 4.60. The summed E-state index contributed by atoms with van der Waals surface area (Å²) in [6, 6.07) is 7.20. The van der Waals surface area contributed by atoms with Crippen molar-refractivity contribution in [3.63, 3.8) is 0 Å². The Kier molecular flexibility index (Phi) is 4.49. The third-order valence-corrected chi connectivity index (χ3v) is 4.02. The monoisotopic (exact) mass is 266 g/mol. The molecule has 1 saturated heterocycles. The lowest BCUT2D eigenvalue weighted by Gasteiger charge is -2.33. The number of nitrogens with zero attached hydrogens (tertiary/aromatic N) is 1. The smallest absolute Gasteiger partial charge is 0.233 e. The van der Waals surface area contributed by atoms with E-state index in [0.717, 1.165) is 24.5 Å². The van der Waals surface area contributed by atoms with E-state index in [2.05, 4.69) is 12.2 Å². The van der Waals surface area contributed by atoms with Gasteiger partial charge in [-0.25, -0.2) is 0 Å². The highest BCUT2D eigenvalue weighted by Gasteiger charge is 2.22. The molecule has 0 aliphatic carbocycles. The molecule has 0 unspecified atom stereocenters. The van der Waals surface area contributed by atoms with Crippen molar-refractivity contribution in [2.45, 2.75) is 17.9 Å². The molecule has 0 saturated carbocycles. The van der Waals surface area contributed by atoms with Gasteiger partial charge in [0.1, 0.15) is 5.75 Å².